The first kappa shape index (κ1) is 48.2. The highest BCUT2D eigenvalue weighted by Gasteiger charge is 2.19. The Morgan fingerprint density at radius 1 is 0.238 bits per heavy atom. The smallest absolute Gasteiger partial charge is 0.0991 e. The molecule has 0 radical (unpaired) electrons. The summed E-state index contributed by atoms with van der Waals surface area (Å²) in [6.07, 6.45) is 3.68. The maximum Gasteiger partial charge on any atom is 0.0991 e. The number of benzene rings is 12. The van der Waals surface area contributed by atoms with E-state index < -0.39 is 0 Å². The van der Waals surface area contributed by atoms with Crippen molar-refractivity contribution in [3.05, 3.63) is 278 Å². The molecule has 0 aliphatic rings. The Hall–Kier alpha value is -11.7. The molecule has 0 N–H and O–H groups in total. The number of hydrogen-bond donors (Lipinski definition) is 0. The summed E-state index contributed by atoms with van der Waals surface area (Å²) in [5.74, 6) is 0. The van der Waals surface area contributed by atoms with Gasteiger partial charge in [0, 0.05) is 45.1 Å². The minimum absolute atomic E-state index is 0.615. The highest BCUT2D eigenvalue weighted by atomic mass is 14.8. The zero-order valence-electron chi connectivity index (χ0n) is 45.1. The van der Waals surface area contributed by atoms with Gasteiger partial charge in [0.2, 0.25) is 0 Å². The molecule has 6 heteroatoms. The number of pyridine rings is 4. The SMILES string of the molecule is N#Cc1ccc(-c2ccc3cc(-c4cc5cc(-c6cc(-c7ccc(C#N)cc7)c7ccc(-c8cc9ccccc9cc8-c8ccc9ccc%10cccnc%10c9n8)cc7c6)ccc5cc4-c4ccc5ccc6cccnc6c5n4)ccc3c2)cc1. The van der Waals surface area contributed by atoms with Crippen molar-refractivity contribution < 1.29 is 0 Å². The number of nitrogens with zero attached hydrogens (tertiary/aromatic N) is 6. The number of hydrogen-bond acceptors (Lipinski definition) is 6. The maximum atomic E-state index is 9.85. The van der Waals surface area contributed by atoms with Crippen molar-refractivity contribution in [1.29, 1.82) is 10.5 Å². The van der Waals surface area contributed by atoms with Crippen LogP contribution in [0.1, 0.15) is 11.1 Å². The Balaban J connectivity index is 0.870. The van der Waals surface area contributed by atoms with E-state index in [1.165, 1.54) is 0 Å². The first-order chi connectivity index (χ1) is 41.4. The fraction of sp³-hybridized carbons (Fsp3) is 0. The lowest BCUT2D eigenvalue weighted by atomic mass is 9.88. The molecule has 4 aromatic heterocycles. The molecule has 386 valence electrons. The molecule has 84 heavy (non-hydrogen) atoms. The molecule has 0 bridgehead atoms. The van der Waals surface area contributed by atoms with E-state index in [1.54, 1.807) is 0 Å². The van der Waals surface area contributed by atoms with Crippen LogP contribution in [-0.4, -0.2) is 19.9 Å². The van der Waals surface area contributed by atoms with Crippen molar-refractivity contribution in [2.24, 2.45) is 0 Å². The van der Waals surface area contributed by atoms with Crippen molar-refractivity contribution in [1.82, 2.24) is 19.9 Å². The van der Waals surface area contributed by atoms with E-state index in [9.17, 15) is 10.5 Å². The van der Waals surface area contributed by atoms with Gasteiger partial charge in [-0.25, -0.2) is 9.97 Å². The van der Waals surface area contributed by atoms with Gasteiger partial charge in [-0.05, 0) is 208 Å². The predicted molar refractivity (Wildman–Crippen MR) is 345 cm³/mol. The van der Waals surface area contributed by atoms with Crippen LogP contribution in [-0.2, 0) is 0 Å². The monoisotopic (exact) mass is 1060 g/mol. The standard InChI is InChI=1S/C78H44N6/c79-45-47-9-13-49(14-10-47)57-21-22-59-36-62(26-25-58(59)35-57)70-44-64-37-60(23-24-61(64)42-72(70)74-32-29-54-20-18-52-8-4-34-82-76(52)78(54)84-74)65-39-66-38-63(27-30-67(66)68(43-65)50-15-11-48(46-80)12-16-50)69-40-55-5-1-2-6-56(55)41-71(69)73-31-28-53-19-17-51-7-3-33-81-75(51)77(53)83-73/h1-44H. The predicted octanol–water partition coefficient (Wildman–Crippen LogP) is 19.9. The third-order valence-corrected chi connectivity index (χ3v) is 16.7. The Bertz CT molecular complexity index is 5520. The van der Waals surface area contributed by atoms with Gasteiger partial charge in [0.05, 0.1) is 56.7 Å². The van der Waals surface area contributed by atoms with Crippen LogP contribution in [0, 0.1) is 22.7 Å². The molecule has 0 saturated heterocycles. The summed E-state index contributed by atoms with van der Waals surface area (Å²) in [7, 11) is 0. The highest BCUT2D eigenvalue weighted by molar-refractivity contribution is 6.09. The number of nitriles is 2. The van der Waals surface area contributed by atoms with E-state index in [1.807, 2.05) is 60.9 Å². The van der Waals surface area contributed by atoms with Gasteiger partial charge in [-0.1, -0.05) is 146 Å². The second-order valence-corrected chi connectivity index (χ2v) is 21.6. The quantitative estimate of drug-likeness (QED) is 0.147. The summed E-state index contributed by atoms with van der Waals surface area (Å²) >= 11 is 0. The first-order valence-electron chi connectivity index (χ1n) is 28.0. The van der Waals surface area contributed by atoms with E-state index in [0.717, 1.165) is 165 Å². The van der Waals surface area contributed by atoms with Gasteiger partial charge in [0.25, 0.3) is 0 Å². The normalized spacial score (nSPS) is 11.5. The molecule has 0 amide bonds. The fourth-order valence-electron chi connectivity index (χ4n) is 12.4. The maximum absolute atomic E-state index is 9.85. The minimum Gasteiger partial charge on any atom is -0.254 e. The van der Waals surface area contributed by atoms with E-state index in [2.05, 4.69) is 218 Å². The van der Waals surface area contributed by atoms with Gasteiger partial charge in [-0.15, -0.1) is 0 Å². The summed E-state index contributed by atoms with van der Waals surface area (Å²) < 4.78 is 0. The Labute approximate surface area is 483 Å². The van der Waals surface area contributed by atoms with Crippen LogP contribution in [0.25, 0.3) is 165 Å². The van der Waals surface area contributed by atoms with Crippen molar-refractivity contribution in [3.63, 3.8) is 0 Å². The lowest BCUT2D eigenvalue weighted by molar-refractivity contribution is 1.37. The molecule has 0 spiro atoms. The van der Waals surface area contributed by atoms with Crippen LogP contribution >= 0.6 is 0 Å². The summed E-state index contributed by atoms with van der Waals surface area (Å²) in [6.45, 7) is 0. The highest BCUT2D eigenvalue weighted by Crippen LogP contribution is 2.43. The molecule has 16 rings (SSSR count). The fourth-order valence-corrected chi connectivity index (χ4v) is 12.4. The molecule has 16 aromatic rings. The summed E-state index contributed by atoms with van der Waals surface area (Å²) in [4.78, 5) is 20.4. The average Bonchev–Trinajstić information content (AvgIpc) is 2.52. The van der Waals surface area contributed by atoms with E-state index >= 15 is 0 Å². The first-order valence-corrected chi connectivity index (χ1v) is 28.0. The van der Waals surface area contributed by atoms with Crippen LogP contribution in [0.3, 0.4) is 0 Å². The van der Waals surface area contributed by atoms with Crippen molar-refractivity contribution in [3.8, 4) is 90.3 Å². The van der Waals surface area contributed by atoms with E-state index in [-0.39, 0.29) is 0 Å². The molecular weight excluding hydrogens is 1020 g/mol. The zero-order chi connectivity index (χ0) is 55.8. The van der Waals surface area contributed by atoms with E-state index in [4.69, 9.17) is 19.9 Å². The van der Waals surface area contributed by atoms with Gasteiger partial charge in [-0.2, -0.15) is 10.5 Å². The largest absolute Gasteiger partial charge is 0.254 e. The Morgan fingerprint density at radius 2 is 0.619 bits per heavy atom. The van der Waals surface area contributed by atoms with Gasteiger partial charge in [0.15, 0.2) is 0 Å². The van der Waals surface area contributed by atoms with Crippen LogP contribution in [0.5, 0.6) is 0 Å². The third kappa shape index (κ3) is 8.33. The van der Waals surface area contributed by atoms with Gasteiger partial charge >= 0.3 is 0 Å². The molecule has 12 aromatic carbocycles. The second-order valence-electron chi connectivity index (χ2n) is 21.6. The number of rotatable bonds is 7. The summed E-state index contributed by atoms with van der Waals surface area (Å²) in [5, 5.41) is 32.4. The average molecular weight is 1070 g/mol. The van der Waals surface area contributed by atoms with Gasteiger partial charge in [0.1, 0.15) is 0 Å². The summed E-state index contributed by atoms with van der Waals surface area (Å²) in [5.41, 5.74) is 19.3. The molecule has 0 unspecified atom stereocenters. The molecule has 0 atom stereocenters. The van der Waals surface area contributed by atoms with Crippen LogP contribution in [0.15, 0.2) is 267 Å². The molecule has 4 heterocycles. The number of aromatic nitrogens is 4. The Morgan fingerprint density at radius 3 is 1.19 bits per heavy atom. The molecule has 0 aliphatic carbocycles. The van der Waals surface area contributed by atoms with Crippen LogP contribution in [0.2, 0.25) is 0 Å². The van der Waals surface area contributed by atoms with Gasteiger partial charge in [-0.3, -0.25) is 9.97 Å². The minimum atomic E-state index is 0.615. The summed E-state index contributed by atoms with van der Waals surface area (Å²) in [6, 6.07) is 94.6. The lowest BCUT2D eigenvalue weighted by Gasteiger charge is -2.17. The molecule has 0 aliphatic heterocycles. The molecular formula is C78H44N6. The van der Waals surface area contributed by atoms with Gasteiger partial charge < -0.3 is 0 Å². The van der Waals surface area contributed by atoms with Crippen LogP contribution < -0.4 is 0 Å². The number of fused-ring (bicyclic) bond motifs is 10. The lowest BCUT2D eigenvalue weighted by Crippen LogP contribution is -1.93. The van der Waals surface area contributed by atoms with Crippen molar-refractivity contribution in [2.75, 3.05) is 0 Å². The topological polar surface area (TPSA) is 99.1 Å². The molecule has 6 nitrogen and oxygen atoms in total. The molecule has 0 fully saturated rings. The van der Waals surface area contributed by atoms with Crippen molar-refractivity contribution >= 4 is 86.7 Å². The Kier molecular flexibility index (Phi) is 11.2. The van der Waals surface area contributed by atoms with E-state index in [0.29, 0.717) is 11.1 Å². The zero-order valence-corrected chi connectivity index (χ0v) is 45.1. The third-order valence-electron chi connectivity index (χ3n) is 16.7. The molecule has 0 saturated carbocycles. The van der Waals surface area contributed by atoms with Crippen molar-refractivity contribution in [2.45, 2.75) is 0 Å². The van der Waals surface area contributed by atoms with Crippen LogP contribution in [0.4, 0.5) is 0 Å². The second kappa shape index (κ2) is 19.5.